The van der Waals surface area contributed by atoms with Gasteiger partial charge >= 0.3 is 0 Å². The molecule has 0 aliphatic heterocycles. The first-order valence-corrected chi connectivity index (χ1v) is 7.70. The monoisotopic (exact) mass is 353 g/mol. The first-order chi connectivity index (χ1) is 12.4. The molecule has 8 heteroatoms. The van der Waals surface area contributed by atoms with Crippen LogP contribution in [0.3, 0.4) is 0 Å². The number of nitro benzene ring substituents is 1. The van der Waals surface area contributed by atoms with Gasteiger partial charge in [-0.15, -0.1) is 0 Å². The largest absolute Gasteiger partial charge is 0.484 e. The van der Waals surface area contributed by atoms with Gasteiger partial charge in [0.15, 0.2) is 6.61 Å². The van der Waals surface area contributed by atoms with Crippen molar-refractivity contribution in [1.29, 1.82) is 0 Å². The predicted octanol–water partition coefficient (Wildman–Crippen LogP) is 2.68. The Hall–Kier alpha value is -3.68. The Balaban J connectivity index is 1.87. The molecule has 0 atom stereocenters. The van der Waals surface area contributed by atoms with Crippen LogP contribution in [0, 0.1) is 17.0 Å². The molecule has 0 aliphatic rings. The molecule has 0 spiro atoms. The first-order valence-electron chi connectivity index (χ1n) is 7.70. The molecule has 3 rings (SSSR count). The number of hydrogen-bond donors (Lipinski definition) is 1. The normalized spacial score (nSPS) is 10.7. The van der Waals surface area contributed by atoms with E-state index in [0.29, 0.717) is 27.9 Å². The van der Waals surface area contributed by atoms with Crippen LogP contribution in [0.2, 0.25) is 0 Å². The number of nitrogens with zero attached hydrogens (tertiary/aromatic N) is 2. The average Bonchev–Trinajstić information content (AvgIpc) is 2.92. The maximum Gasteiger partial charge on any atom is 0.269 e. The van der Waals surface area contributed by atoms with Gasteiger partial charge in [-0.05, 0) is 25.1 Å². The zero-order chi connectivity index (χ0) is 18.8. The Labute approximate surface area is 147 Å². The van der Waals surface area contributed by atoms with E-state index >= 15 is 0 Å². The van der Waals surface area contributed by atoms with E-state index in [1.54, 1.807) is 31.2 Å². The van der Waals surface area contributed by atoms with Crippen molar-refractivity contribution in [3.8, 4) is 5.75 Å². The molecule has 0 unspecified atom stereocenters. The Kier molecular flexibility index (Phi) is 4.40. The Morgan fingerprint density at radius 2 is 1.81 bits per heavy atom. The molecule has 3 aromatic rings. The fraction of sp³-hybridized carbons (Fsp3) is 0.111. The number of rotatable bonds is 5. The number of carbonyl (C=O) groups excluding carboxylic acids is 2. The molecule has 0 aliphatic carbocycles. The summed E-state index contributed by atoms with van der Waals surface area (Å²) in [5.41, 5.74) is 6.68. The lowest BCUT2D eigenvalue weighted by Crippen LogP contribution is -2.21. The Bertz CT molecular complexity index is 1020. The number of para-hydroxylation sites is 1. The molecular formula is C18H15N3O5. The van der Waals surface area contributed by atoms with Crippen LogP contribution in [0.15, 0.2) is 48.5 Å². The lowest BCUT2D eigenvalue weighted by Gasteiger charge is -2.09. The number of fused-ring (bicyclic) bond motifs is 1. The zero-order valence-corrected chi connectivity index (χ0v) is 13.8. The highest BCUT2D eigenvalue weighted by Gasteiger charge is 2.21. The maximum atomic E-state index is 12.6. The molecule has 1 heterocycles. The highest BCUT2D eigenvalue weighted by molar-refractivity contribution is 6.10. The van der Waals surface area contributed by atoms with Gasteiger partial charge < -0.3 is 10.5 Å². The summed E-state index contributed by atoms with van der Waals surface area (Å²) < 4.78 is 6.81. The topological polar surface area (TPSA) is 117 Å². The van der Waals surface area contributed by atoms with E-state index in [2.05, 4.69) is 0 Å². The van der Waals surface area contributed by atoms with E-state index in [9.17, 15) is 19.7 Å². The van der Waals surface area contributed by atoms with E-state index in [4.69, 9.17) is 10.5 Å². The highest BCUT2D eigenvalue weighted by Crippen LogP contribution is 2.25. The highest BCUT2D eigenvalue weighted by atomic mass is 16.6. The second kappa shape index (κ2) is 6.67. The Morgan fingerprint density at radius 3 is 2.42 bits per heavy atom. The van der Waals surface area contributed by atoms with Crippen molar-refractivity contribution in [2.24, 2.45) is 5.73 Å². The number of benzene rings is 2. The Morgan fingerprint density at radius 1 is 1.15 bits per heavy atom. The molecule has 0 fully saturated rings. The first kappa shape index (κ1) is 17.2. The summed E-state index contributed by atoms with van der Waals surface area (Å²) >= 11 is 0. The van der Waals surface area contributed by atoms with Crippen LogP contribution in [-0.4, -0.2) is 27.9 Å². The summed E-state index contributed by atoms with van der Waals surface area (Å²) in [6.07, 6.45) is 0. The molecular weight excluding hydrogens is 338 g/mol. The number of hydrogen-bond acceptors (Lipinski definition) is 5. The van der Waals surface area contributed by atoms with Crippen LogP contribution in [0.4, 0.5) is 5.69 Å². The number of amides is 1. The summed E-state index contributed by atoms with van der Waals surface area (Å²) in [5.74, 6) is -0.667. The predicted molar refractivity (Wildman–Crippen MR) is 94.4 cm³/mol. The van der Waals surface area contributed by atoms with Crippen molar-refractivity contribution in [3.05, 3.63) is 69.9 Å². The lowest BCUT2D eigenvalue weighted by atomic mass is 10.1. The summed E-state index contributed by atoms with van der Waals surface area (Å²) in [4.78, 5) is 34.5. The second-order valence-electron chi connectivity index (χ2n) is 5.61. The standard InChI is InChI=1S/C18H15N3O5/c1-11-17(18(19)23)14-4-2-3-5-15(14)20(11)16(22)10-26-13-8-6-12(7-9-13)21(24)25/h2-9H,10H2,1H3,(H2,19,23). The molecule has 26 heavy (non-hydrogen) atoms. The van der Waals surface area contributed by atoms with E-state index in [1.165, 1.54) is 28.8 Å². The average molecular weight is 353 g/mol. The SMILES string of the molecule is Cc1c(C(N)=O)c2ccccc2n1C(=O)COc1ccc([N+](=O)[O-])cc1. The number of nitrogens with two attached hydrogens (primary N) is 1. The number of ether oxygens (including phenoxy) is 1. The van der Waals surface area contributed by atoms with E-state index in [-0.39, 0.29) is 18.2 Å². The smallest absolute Gasteiger partial charge is 0.269 e. The van der Waals surface area contributed by atoms with Crippen molar-refractivity contribution in [3.63, 3.8) is 0 Å². The minimum Gasteiger partial charge on any atom is -0.484 e. The molecule has 1 amide bonds. The van der Waals surface area contributed by atoms with Gasteiger partial charge in [-0.3, -0.25) is 24.3 Å². The van der Waals surface area contributed by atoms with Gasteiger partial charge in [0.2, 0.25) is 0 Å². The minimum absolute atomic E-state index is 0.0676. The molecule has 0 radical (unpaired) electrons. The van der Waals surface area contributed by atoms with Gasteiger partial charge in [-0.1, -0.05) is 18.2 Å². The molecule has 2 N–H and O–H groups in total. The summed E-state index contributed by atoms with van der Waals surface area (Å²) in [6, 6.07) is 12.4. The molecule has 132 valence electrons. The zero-order valence-electron chi connectivity index (χ0n) is 13.8. The quantitative estimate of drug-likeness (QED) is 0.559. The molecule has 8 nitrogen and oxygen atoms in total. The van der Waals surface area contributed by atoms with Gasteiger partial charge in [0.1, 0.15) is 5.75 Å². The van der Waals surface area contributed by atoms with Crippen molar-refractivity contribution in [2.75, 3.05) is 6.61 Å². The third-order valence-electron chi connectivity index (χ3n) is 4.02. The summed E-state index contributed by atoms with van der Waals surface area (Å²) in [7, 11) is 0. The molecule has 1 aromatic heterocycles. The van der Waals surface area contributed by atoms with E-state index < -0.39 is 10.8 Å². The van der Waals surface area contributed by atoms with Crippen LogP contribution >= 0.6 is 0 Å². The number of nitro groups is 1. The van der Waals surface area contributed by atoms with Crippen molar-refractivity contribution in [1.82, 2.24) is 4.57 Å². The van der Waals surface area contributed by atoms with Crippen LogP contribution < -0.4 is 10.5 Å². The number of non-ortho nitro benzene ring substituents is 1. The van der Waals surface area contributed by atoms with Crippen LogP contribution in [0.1, 0.15) is 20.8 Å². The van der Waals surface area contributed by atoms with Crippen molar-refractivity contribution < 1.29 is 19.2 Å². The fourth-order valence-corrected chi connectivity index (χ4v) is 2.87. The molecule has 2 aromatic carbocycles. The summed E-state index contributed by atoms with van der Waals surface area (Å²) in [6.45, 7) is 1.35. The van der Waals surface area contributed by atoms with Gasteiger partial charge in [0.05, 0.1) is 16.0 Å². The van der Waals surface area contributed by atoms with E-state index in [1.807, 2.05) is 0 Å². The number of primary amides is 1. The third kappa shape index (κ3) is 3.00. The van der Waals surface area contributed by atoms with Crippen molar-refractivity contribution >= 4 is 28.4 Å². The van der Waals surface area contributed by atoms with Gasteiger partial charge in [-0.2, -0.15) is 0 Å². The third-order valence-corrected chi connectivity index (χ3v) is 4.02. The fourth-order valence-electron chi connectivity index (χ4n) is 2.87. The molecule has 0 bridgehead atoms. The number of carbonyl (C=O) groups is 2. The molecule has 0 saturated carbocycles. The lowest BCUT2D eigenvalue weighted by molar-refractivity contribution is -0.384. The minimum atomic E-state index is -0.610. The maximum absolute atomic E-state index is 12.6. The van der Waals surface area contributed by atoms with Crippen LogP contribution in [-0.2, 0) is 0 Å². The number of aromatic nitrogens is 1. The van der Waals surface area contributed by atoms with Crippen molar-refractivity contribution in [2.45, 2.75) is 6.92 Å². The van der Waals surface area contributed by atoms with Crippen LogP contribution in [0.5, 0.6) is 5.75 Å². The summed E-state index contributed by atoms with van der Waals surface area (Å²) in [5, 5.41) is 11.3. The van der Waals surface area contributed by atoms with E-state index in [0.717, 1.165) is 0 Å². The van der Waals surface area contributed by atoms with Gasteiger partial charge in [0.25, 0.3) is 17.5 Å². The van der Waals surface area contributed by atoms with Gasteiger partial charge in [0, 0.05) is 23.2 Å². The van der Waals surface area contributed by atoms with Gasteiger partial charge in [-0.25, -0.2) is 0 Å². The molecule has 0 saturated heterocycles. The second-order valence-corrected chi connectivity index (χ2v) is 5.61. The van der Waals surface area contributed by atoms with Crippen LogP contribution in [0.25, 0.3) is 10.9 Å².